The van der Waals surface area contributed by atoms with Crippen LogP contribution in [0.3, 0.4) is 0 Å². The fourth-order valence-electron chi connectivity index (χ4n) is 0. The molecule has 0 fully saturated rings. The Morgan fingerprint density at radius 2 is 0.400 bits per heavy atom. The maximum atomic E-state index is 0. The van der Waals surface area contributed by atoms with Gasteiger partial charge in [-0.25, -0.2) is 0 Å². The van der Waals surface area contributed by atoms with Crippen molar-refractivity contribution in [3.8, 4) is 0 Å². The fourth-order valence-corrected chi connectivity index (χ4v) is 0. The molecule has 0 unspecified atom stereocenters. The molecule has 0 aliphatic rings. The van der Waals surface area contributed by atoms with Crippen molar-refractivity contribution in [1.82, 2.24) is 0 Å². The molecule has 0 nitrogen and oxygen atoms in total. The van der Waals surface area contributed by atoms with Crippen LogP contribution in [0.5, 0.6) is 0 Å². The second-order valence-corrected chi connectivity index (χ2v) is 0. The van der Waals surface area contributed by atoms with Crippen LogP contribution in [0, 0.1) is 0 Å². The van der Waals surface area contributed by atoms with Crippen LogP contribution in [-0.4, -0.2) is 17.6 Å². The summed E-state index contributed by atoms with van der Waals surface area (Å²) in [5.74, 6) is 0. The van der Waals surface area contributed by atoms with Crippen LogP contribution < -0.4 is 49.6 Å². The molecule has 0 aromatic carbocycles. The molecule has 5 heteroatoms. The normalized spacial score (nSPS) is 0. The summed E-state index contributed by atoms with van der Waals surface area (Å²) < 4.78 is 0. The summed E-state index contributed by atoms with van der Waals surface area (Å²) in [5.41, 5.74) is 0. The molecule has 0 aromatic rings. The Hall–Kier alpha value is 1.70. The Balaban J connectivity index is 0. The van der Waals surface area contributed by atoms with Crippen molar-refractivity contribution in [3.63, 3.8) is 0 Å². The molecule has 0 aliphatic heterocycles. The Morgan fingerprint density at radius 3 is 0.400 bits per heavy atom. The molecule has 32 valence electrons. The van der Waals surface area contributed by atoms with Gasteiger partial charge in [-0.3, -0.25) is 0 Å². The van der Waals surface area contributed by atoms with Crippen LogP contribution in [-0.2, 0) is 0 Å². The van der Waals surface area contributed by atoms with Crippen molar-refractivity contribution in [2.24, 2.45) is 0 Å². The van der Waals surface area contributed by atoms with Crippen LogP contribution in [0.15, 0.2) is 0 Å². The van der Waals surface area contributed by atoms with Gasteiger partial charge in [-0.15, -0.1) is 0 Å². The average Bonchev–Trinajstić information content (AvgIpc) is 0. The maximum Gasteiger partial charge on any atom is 4.00 e. The van der Waals surface area contributed by atoms with E-state index in [2.05, 4.69) is 0 Å². The van der Waals surface area contributed by atoms with Crippen molar-refractivity contribution >= 4 is 17.6 Å². The van der Waals surface area contributed by atoms with E-state index in [9.17, 15) is 0 Å². The van der Waals surface area contributed by atoms with E-state index in [0.29, 0.717) is 0 Å². The number of hydrogen-bond donors (Lipinski definition) is 0. The summed E-state index contributed by atoms with van der Waals surface area (Å²) >= 11 is 0. The molecule has 5 heavy (non-hydrogen) atoms. The minimum absolute atomic E-state index is 0. The predicted molar refractivity (Wildman–Crippen MR) is 5.75 cm³/mol. The van der Waals surface area contributed by atoms with Crippen molar-refractivity contribution < 1.29 is 49.6 Å². The van der Waals surface area contributed by atoms with Crippen molar-refractivity contribution in [2.45, 2.75) is 0 Å². The zero-order chi connectivity index (χ0) is 0. The van der Waals surface area contributed by atoms with Gasteiger partial charge in [0.1, 0.15) is 0 Å². The van der Waals surface area contributed by atoms with E-state index in [1.807, 2.05) is 0 Å². The first-order valence-electron chi connectivity index (χ1n) is 0. The van der Waals surface area contributed by atoms with Crippen LogP contribution in [0.2, 0.25) is 0 Å². The first kappa shape index (κ1) is 75.2. The summed E-state index contributed by atoms with van der Waals surface area (Å²) in [6, 6.07) is 0. The van der Waals surface area contributed by atoms with E-state index in [1.54, 1.807) is 0 Å². The molecule has 0 radical (unpaired) electrons. The van der Waals surface area contributed by atoms with E-state index in [-0.39, 0.29) is 67.2 Å². The first-order chi connectivity index (χ1) is 0. The SMILES string of the molecule is [68Ge+4].[Cl-].[Cl-].[Cl-].[Cl-]. The van der Waals surface area contributed by atoms with Crippen molar-refractivity contribution in [1.29, 1.82) is 0 Å². The van der Waals surface area contributed by atoms with Gasteiger partial charge in [0.15, 0.2) is 0 Å². The van der Waals surface area contributed by atoms with Gasteiger partial charge in [-0.05, 0) is 0 Å². The first-order valence-corrected chi connectivity index (χ1v) is 0. The van der Waals surface area contributed by atoms with E-state index in [0.717, 1.165) is 0 Å². The van der Waals surface area contributed by atoms with Gasteiger partial charge in [-0.1, -0.05) is 0 Å². The summed E-state index contributed by atoms with van der Waals surface area (Å²) in [5, 5.41) is 0. The molecule has 0 atom stereocenters. The molecule has 0 amide bonds. The summed E-state index contributed by atoms with van der Waals surface area (Å²) in [7, 11) is 0. The number of rotatable bonds is 0. The molecular weight excluding hydrogens is 210 g/mol. The smallest absolute Gasteiger partial charge is 1.00 e. The standard InChI is InChI=1S/4ClH.Ge/h4*1H;/q;;;;+4/p-4/i;;;;1-5. The van der Waals surface area contributed by atoms with Gasteiger partial charge in [0, 0.05) is 0 Å². The van der Waals surface area contributed by atoms with Gasteiger partial charge in [0.25, 0.3) is 0 Å². The third kappa shape index (κ3) is 27.0. The third-order valence-corrected chi connectivity index (χ3v) is 0. The molecule has 0 saturated carbocycles. The van der Waals surface area contributed by atoms with Gasteiger partial charge in [0.05, 0.1) is 0 Å². The van der Waals surface area contributed by atoms with Crippen LogP contribution in [0.4, 0.5) is 0 Å². The van der Waals surface area contributed by atoms with Crippen molar-refractivity contribution in [2.75, 3.05) is 0 Å². The number of hydrogen-bond acceptors (Lipinski definition) is 0. The monoisotopic (exact) mass is 208 g/mol. The molecule has 0 aromatic heterocycles. The molecule has 0 N–H and O–H groups in total. The van der Waals surface area contributed by atoms with Gasteiger partial charge >= 0.3 is 17.6 Å². The zero-order valence-electron chi connectivity index (χ0n) is 2.01. The Morgan fingerprint density at radius 1 is 0.400 bits per heavy atom. The topological polar surface area (TPSA) is 0 Å². The quantitative estimate of drug-likeness (QED) is 0.348. The maximum absolute atomic E-state index is 0. The van der Waals surface area contributed by atoms with E-state index in [1.165, 1.54) is 0 Å². The van der Waals surface area contributed by atoms with Gasteiger partial charge < -0.3 is 49.6 Å². The number of halogens is 4. The van der Waals surface area contributed by atoms with Crippen LogP contribution in [0.25, 0.3) is 0 Å². The van der Waals surface area contributed by atoms with Crippen LogP contribution in [0.1, 0.15) is 0 Å². The Kier molecular flexibility index (Phi) is 654. The second kappa shape index (κ2) is 43.5. The Bertz CT molecular complexity index is 3.61. The molecular formula is Cl4Ge. The zero-order valence-corrected chi connectivity index (χ0v) is 7.13. The summed E-state index contributed by atoms with van der Waals surface area (Å²) in [4.78, 5) is 0. The molecule has 0 bridgehead atoms. The fraction of sp³-hybridized carbons (Fsp3) is 0. The van der Waals surface area contributed by atoms with E-state index >= 15 is 0 Å². The molecule has 0 spiro atoms. The third-order valence-electron chi connectivity index (χ3n) is 0. The molecule has 0 aliphatic carbocycles. The van der Waals surface area contributed by atoms with Gasteiger partial charge in [-0.2, -0.15) is 0 Å². The predicted octanol–water partition coefficient (Wildman–Crippen LogP) is -12.4. The van der Waals surface area contributed by atoms with Gasteiger partial charge in [0.2, 0.25) is 0 Å². The van der Waals surface area contributed by atoms with Crippen molar-refractivity contribution in [3.05, 3.63) is 0 Å². The van der Waals surface area contributed by atoms with E-state index in [4.69, 9.17) is 0 Å². The van der Waals surface area contributed by atoms with E-state index < -0.39 is 0 Å². The average molecular weight is 210 g/mol. The van der Waals surface area contributed by atoms with Crippen LogP contribution >= 0.6 is 0 Å². The minimum atomic E-state index is 0. The Labute approximate surface area is 67.1 Å². The largest absolute Gasteiger partial charge is 4.00 e. The molecule has 0 heterocycles. The summed E-state index contributed by atoms with van der Waals surface area (Å²) in [6.07, 6.45) is 0. The molecule has 0 saturated heterocycles. The molecule has 0 rings (SSSR count). The summed E-state index contributed by atoms with van der Waals surface area (Å²) in [6.45, 7) is 0. The second-order valence-electron chi connectivity index (χ2n) is 0. The minimum Gasteiger partial charge on any atom is -1.00 e.